The summed E-state index contributed by atoms with van der Waals surface area (Å²) in [5.74, 6) is -0.994. The van der Waals surface area contributed by atoms with Crippen molar-refractivity contribution in [2.45, 2.75) is 59.0 Å². The van der Waals surface area contributed by atoms with Crippen molar-refractivity contribution in [3.8, 4) is 11.4 Å². The van der Waals surface area contributed by atoms with E-state index in [0.29, 0.717) is 11.4 Å². The van der Waals surface area contributed by atoms with Crippen molar-refractivity contribution in [1.29, 1.82) is 0 Å². The van der Waals surface area contributed by atoms with Gasteiger partial charge in [-0.1, -0.05) is 57.2 Å². The van der Waals surface area contributed by atoms with E-state index >= 15 is 0 Å². The van der Waals surface area contributed by atoms with Crippen molar-refractivity contribution in [2.24, 2.45) is 5.92 Å². The first-order chi connectivity index (χ1) is 19.6. The topological polar surface area (TPSA) is 145 Å². The van der Waals surface area contributed by atoms with E-state index in [1.54, 1.807) is 39.2 Å². The number of anilines is 1. The van der Waals surface area contributed by atoms with Gasteiger partial charge in [0.25, 0.3) is 11.4 Å². The highest BCUT2D eigenvalue weighted by Crippen LogP contribution is 2.29. The van der Waals surface area contributed by atoms with Crippen LogP contribution in [0.25, 0.3) is 11.4 Å². The zero-order valence-electron chi connectivity index (χ0n) is 24.1. The standard InChI is InChI=1S/C30H35N7O4/c1-7-19-13-14-22(32-15-19)30(4,5)29-36-35-27(41-29)25(39)24(18(2)3)34-23(38)17-37-26(20-11-9-8-10-12-20)33-16-21(31-6)28(37)40/h8-16,18,24,31H,7,17H2,1-6H3,(H,34,38)/t24-/m1/s1. The highest BCUT2D eigenvalue weighted by atomic mass is 16.4. The minimum atomic E-state index is -0.961. The smallest absolute Gasteiger partial charge is 0.286 e. The molecule has 0 aliphatic heterocycles. The van der Waals surface area contributed by atoms with E-state index < -0.39 is 28.7 Å². The van der Waals surface area contributed by atoms with Crippen LogP contribution in [0.1, 0.15) is 62.5 Å². The first kappa shape index (κ1) is 29.3. The highest BCUT2D eigenvalue weighted by molar-refractivity contribution is 5.98. The minimum absolute atomic E-state index is 0.210. The monoisotopic (exact) mass is 557 g/mol. The molecule has 4 aromatic rings. The number of hydrogen-bond donors (Lipinski definition) is 2. The molecule has 11 nitrogen and oxygen atoms in total. The first-order valence-electron chi connectivity index (χ1n) is 13.5. The summed E-state index contributed by atoms with van der Waals surface area (Å²) in [5, 5.41) is 13.7. The van der Waals surface area contributed by atoms with E-state index in [0.717, 1.165) is 17.7 Å². The van der Waals surface area contributed by atoms with E-state index in [1.807, 2.05) is 44.2 Å². The predicted molar refractivity (Wildman–Crippen MR) is 155 cm³/mol. The molecular weight excluding hydrogens is 522 g/mol. The van der Waals surface area contributed by atoms with Crippen molar-refractivity contribution in [3.05, 3.63) is 88.3 Å². The Kier molecular flexibility index (Phi) is 8.75. The maximum Gasteiger partial charge on any atom is 0.286 e. The summed E-state index contributed by atoms with van der Waals surface area (Å²) in [6.07, 6.45) is 4.11. The van der Waals surface area contributed by atoms with Gasteiger partial charge in [0, 0.05) is 18.8 Å². The fourth-order valence-electron chi connectivity index (χ4n) is 4.35. The van der Waals surface area contributed by atoms with Crippen LogP contribution in [0.3, 0.4) is 0 Å². The average molecular weight is 558 g/mol. The van der Waals surface area contributed by atoms with Crippen molar-refractivity contribution < 1.29 is 14.0 Å². The van der Waals surface area contributed by atoms with Gasteiger partial charge in [0.15, 0.2) is 0 Å². The number of rotatable bonds is 11. The van der Waals surface area contributed by atoms with Gasteiger partial charge in [0.2, 0.25) is 17.6 Å². The van der Waals surface area contributed by atoms with Gasteiger partial charge in [-0.15, -0.1) is 10.2 Å². The summed E-state index contributed by atoms with van der Waals surface area (Å²) in [6.45, 7) is 9.09. The first-order valence-corrected chi connectivity index (χ1v) is 13.5. The second kappa shape index (κ2) is 12.2. The van der Waals surface area contributed by atoms with Crippen LogP contribution >= 0.6 is 0 Å². The summed E-state index contributed by atoms with van der Waals surface area (Å²) < 4.78 is 7.12. The lowest BCUT2D eigenvalue weighted by atomic mass is 9.88. The summed E-state index contributed by atoms with van der Waals surface area (Å²) in [6, 6.07) is 12.0. The van der Waals surface area contributed by atoms with Gasteiger partial charge in [-0.2, -0.15) is 0 Å². The molecule has 1 aromatic carbocycles. The summed E-state index contributed by atoms with van der Waals surface area (Å²) in [4.78, 5) is 48.8. The Bertz CT molecular complexity index is 1570. The molecule has 0 saturated heterocycles. The van der Waals surface area contributed by atoms with Crippen LogP contribution in [0, 0.1) is 5.92 Å². The third-order valence-corrected chi connectivity index (χ3v) is 6.96. The summed E-state index contributed by atoms with van der Waals surface area (Å²) in [7, 11) is 1.61. The minimum Gasteiger partial charge on any atom is -0.417 e. The largest absolute Gasteiger partial charge is 0.417 e. The fourth-order valence-corrected chi connectivity index (χ4v) is 4.35. The maximum atomic E-state index is 13.5. The summed E-state index contributed by atoms with van der Waals surface area (Å²) >= 11 is 0. The molecule has 0 bridgehead atoms. The quantitative estimate of drug-likeness (QED) is 0.264. The Balaban J connectivity index is 1.56. The molecule has 1 amide bonds. The number of Topliss-reactive ketones (excluding diaryl/α,β-unsaturated/α-hetero) is 1. The number of aryl methyl sites for hydroxylation is 1. The van der Waals surface area contributed by atoms with Gasteiger partial charge in [-0.25, -0.2) is 4.98 Å². The molecule has 2 N–H and O–H groups in total. The van der Waals surface area contributed by atoms with Gasteiger partial charge in [-0.3, -0.25) is 23.9 Å². The molecule has 0 unspecified atom stereocenters. The third-order valence-electron chi connectivity index (χ3n) is 6.96. The number of nitrogens with zero attached hydrogens (tertiary/aromatic N) is 5. The summed E-state index contributed by atoms with van der Waals surface area (Å²) in [5.41, 5.74) is 1.60. The zero-order chi connectivity index (χ0) is 29.7. The van der Waals surface area contributed by atoms with Gasteiger partial charge in [0.05, 0.1) is 23.3 Å². The van der Waals surface area contributed by atoms with E-state index in [-0.39, 0.29) is 29.9 Å². The number of nitrogens with one attached hydrogen (secondary N) is 2. The number of ketones is 1. The molecule has 4 rings (SSSR count). The molecule has 0 fully saturated rings. The fraction of sp³-hybridized carbons (Fsp3) is 0.367. The Morgan fingerprint density at radius 1 is 1.02 bits per heavy atom. The van der Waals surface area contributed by atoms with E-state index in [1.165, 1.54) is 10.8 Å². The lowest BCUT2D eigenvalue weighted by Gasteiger charge is -2.21. The molecule has 3 aromatic heterocycles. The molecule has 0 spiro atoms. The van der Waals surface area contributed by atoms with E-state index in [9.17, 15) is 14.4 Å². The van der Waals surface area contributed by atoms with Crippen LogP contribution in [0.4, 0.5) is 5.69 Å². The van der Waals surface area contributed by atoms with Crippen LogP contribution in [-0.2, 0) is 23.2 Å². The number of hydrogen-bond acceptors (Lipinski definition) is 9. The maximum absolute atomic E-state index is 13.5. The lowest BCUT2D eigenvalue weighted by molar-refractivity contribution is -0.122. The van der Waals surface area contributed by atoms with Crippen LogP contribution in [0.15, 0.2) is 64.1 Å². The molecule has 3 heterocycles. The van der Waals surface area contributed by atoms with Crippen molar-refractivity contribution in [2.75, 3.05) is 12.4 Å². The molecule has 0 aliphatic carbocycles. The van der Waals surface area contributed by atoms with Gasteiger partial charge in [-0.05, 0) is 37.8 Å². The van der Waals surface area contributed by atoms with Crippen molar-refractivity contribution in [1.82, 2.24) is 30.0 Å². The number of pyridine rings is 1. The molecule has 11 heteroatoms. The number of carbonyl (C=O) groups is 2. The molecule has 1 atom stereocenters. The van der Waals surface area contributed by atoms with E-state index in [2.05, 4.69) is 37.7 Å². The van der Waals surface area contributed by atoms with Crippen LogP contribution in [0.5, 0.6) is 0 Å². The highest BCUT2D eigenvalue weighted by Gasteiger charge is 2.35. The Morgan fingerprint density at radius 3 is 2.37 bits per heavy atom. The molecule has 0 radical (unpaired) electrons. The Morgan fingerprint density at radius 2 is 1.76 bits per heavy atom. The molecule has 214 valence electrons. The Hall–Kier alpha value is -4.67. The number of benzene rings is 1. The lowest BCUT2D eigenvalue weighted by Crippen LogP contribution is -2.46. The van der Waals surface area contributed by atoms with Gasteiger partial charge < -0.3 is 15.1 Å². The molecular formula is C30H35N7O4. The van der Waals surface area contributed by atoms with Gasteiger partial charge in [0.1, 0.15) is 18.1 Å². The second-order valence-electron chi connectivity index (χ2n) is 10.6. The molecule has 0 aliphatic rings. The van der Waals surface area contributed by atoms with E-state index in [4.69, 9.17) is 4.42 Å². The third kappa shape index (κ3) is 6.24. The Labute approximate surface area is 238 Å². The van der Waals surface area contributed by atoms with Crippen molar-refractivity contribution in [3.63, 3.8) is 0 Å². The normalized spacial score (nSPS) is 12.3. The van der Waals surface area contributed by atoms with Crippen LogP contribution < -0.4 is 16.2 Å². The predicted octanol–water partition coefficient (Wildman–Crippen LogP) is 3.64. The SMILES string of the molecule is CCc1ccc(C(C)(C)c2nnc(C(=O)[C@H](NC(=O)Cn3c(-c4ccccc4)ncc(NC)c3=O)C(C)C)o2)nc1. The molecule has 0 saturated carbocycles. The second-order valence-corrected chi connectivity index (χ2v) is 10.6. The van der Waals surface area contributed by atoms with Crippen LogP contribution in [-0.4, -0.2) is 49.5 Å². The number of aromatic nitrogens is 5. The average Bonchev–Trinajstić information content (AvgIpc) is 3.48. The number of carbonyl (C=O) groups excluding carboxylic acids is 2. The molecule has 41 heavy (non-hydrogen) atoms. The van der Waals surface area contributed by atoms with Crippen LogP contribution in [0.2, 0.25) is 0 Å². The number of amides is 1. The van der Waals surface area contributed by atoms with Gasteiger partial charge >= 0.3 is 0 Å². The van der Waals surface area contributed by atoms with Crippen molar-refractivity contribution >= 4 is 17.4 Å². The zero-order valence-corrected chi connectivity index (χ0v) is 24.1.